The minimum Gasteiger partial charge on any atom is -0.238 e. The minimum atomic E-state index is -0.197. The third-order valence-electron chi connectivity index (χ3n) is 4.11. The van der Waals surface area contributed by atoms with Gasteiger partial charge in [-0.15, -0.1) is 0 Å². The summed E-state index contributed by atoms with van der Waals surface area (Å²) in [5.74, 6) is 0.633. The van der Waals surface area contributed by atoms with Crippen LogP contribution < -0.4 is 0 Å². The number of aryl methyl sites for hydroxylation is 1. The van der Waals surface area contributed by atoms with Gasteiger partial charge in [-0.1, -0.05) is 25.5 Å². The van der Waals surface area contributed by atoms with Crippen LogP contribution in [-0.4, -0.2) is 10.7 Å². The van der Waals surface area contributed by atoms with Crippen molar-refractivity contribution < 1.29 is 4.39 Å². The summed E-state index contributed by atoms with van der Waals surface area (Å²) in [6.45, 7) is 6.13. The predicted molar refractivity (Wildman–Crippen MR) is 93.8 cm³/mol. The first kappa shape index (κ1) is 15.6. The van der Waals surface area contributed by atoms with Crippen molar-refractivity contribution in [3.63, 3.8) is 0 Å². The smallest absolute Gasteiger partial charge is 0.155 e. The summed E-state index contributed by atoms with van der Waals surface area (Å²) in [7, 11) is 0. The van der Waals surface area contributed by atoms with Crippen LogP contribution in [0.2, 0.25) is 0 Å². The van der Waals surface area contributed by atoms with Gasteiger partial charge in [-0.25, -0.2) is 14.4 Å². The van der Waals surface area contributed by atoms with Crippen molar-refractivity contribution in [3.8, 4) is 0 Å². The highest BCUT2D eigenvalue weighted by Gasteiger charge is 2.16. The third-order valence-corrected chi connectivity index (χ3v) is 4.11. The Morgan fingerprint density at radius 3 is 2.83 bits per heavy atom. The van der Waals surface area contributed by atoms with Crippen LogP contribution in [0.4, 0.5) is 10.2 Å². The molecule has 0 unspecified atom stereocenters. The molecule has 0 amide bonds. The number of fused-ring (bicyclic) bond motifs is 1. The van der Waals surface area contributed by atoms with E-state index in [0.717, 1.165) is 53.1 Å². The number of nitrogens with zero attached hydrogens (tertiary/aromatic N) is 2. The molecule has 3 rings (SSSR count). The fraction of sp³-hybridized carbons (Fsp3) is 0.300. The first-order chi connectivity index (χ1) is 11.1. The summed E-state index contributed by atoms with van der Waals surface area (Å²) >= 11 is 0. The molecule has 0 bridgehead atoms. The minimum absolute atomic E-state index is 0.197. The number of hydrogen-bond acceptors (Lipinski definition) is 2. The van der Waals surface area contributed by atoms with E-state index in [-0.39, 0.29) is 5.82 Å². The first-order valence-electron chi connectivity index (χ1n) is 8.08. The molecule has 2 nitrogen and oxygen atoms in total. The summed E-state index contributed by atoms with van der Waals surface area (Å²) in [5.41, 5.74) is 6.49. The third kappa shape index (κ3) is 3.24. The molecule has 1 aromatic heterocycles. The number of hydrogen-bond donors (Lipinski definition) is 0. The van der Waals surface area contributed by atoms with Crippen molar-refractivity contribution in [3.05, 3.63) is 64.6 Å². The average Bonchev–Trinajstić information content (AvgIpc) is 2.88. The highest BCUT2D eigenvalue weighted by atomic mass is 19.1. The first-order valence-corrected chi connectivity index (χ1v) is 8.08. The Hall–Kier alpha value is -2.29. The molecule has 0 aliphatic carbocycles. The van der Waals surface area contributed by atoms with Crippen molar-refractivity contribution in [1.82, 2.24) is 4.98 Å². The van der Waals surface area contributed by atoms with Crippen molar-refractivity contribution in [2.45, 2.75) is 40.0 Å². The van der Waals surface area contributed by atoms with E-state index in [9.17, 15) is 4.39 Å². The van der Waals surface area contributed by atoms with Gasteiger partial charge in [-0.3, -0.25) is 0 Å². The number of pyridine rings is 1. The van der Waals surface area contributed by atoms with Gasteiger partial charge in [-0.05, 0) is 55.2 Å². The molecule has 0 saturated carbocycles. The van der Waals surface area contributed by atoms with Gasteiger partial charge >= 0.3 is 0 Å². The lowest BCUT2D eigenvalue weighted by Crippen LogP contribution is -1.96. The zero-order chi connectivity index (χ0) is 16.4. The van der Waals surface area contributed by atoms with Crippen LogP contribution in [0.25, 0.3) is 5.57 Å². The van der Waals surface area contributed by atoms with Crippen LogP contribution >= 0.6 is 0 Å². The molecule has 1 aliphatic rings. The normalized spacial score (nSPS) is 13.9. The van der Waals surface area contributed by atoms with Gasteiger partial charge < -0.3 is 0 Å². The highest BCUT2D eigenvalue weighted by Crippen LogP contribution is 2.31. The molecule has 1 aliphatic heterocycles. The van der Waals surface area contributed by atoms with Gasteiger partial charge in [0.1, 0.15) is 5.82 Å². The summed E-state index contributed by atoms with van der Waals surface area (Å²) < 4.78 is 13.4. The maximum absolute atomic E-state index is 13.4. The van der Waals surface area contributed by atoms with E-state index in [4.69, 9.17) is 0 Å². The van der Waals surface area contributed by atoms with Gasteiger partial charge in [-0.2, -0.15) is 0 Å². The van der Waals surface area contributed by atoms with Crippen LogP contribution in [0.3, 0.4) is 0 Å². The Morgan fingerprint density at radius 2 is 2.09 bits per heavy atom. The molecule has 3 heteroatoms. The molecule has 0 atom stereocenters. The van der Waals surface area contributed by atoms with Crippen molar-refractivity contribution in [2.75, 3.05) is 0 Å². The van der Waals surface area contributed by atoms with E-state index in [1.165, 1.54) is 11.6 Å². The summed E-state index contributed by atoms with van der Waals surface area (Å²) in [4.78, 5) is 8.96. The molecular formula is C20H21FN2. The second-order valence-corrected chi connectivity index (χ2v) is 6.10. The number of rotatable bonds is 4. The van der Waals surface area contributed by atoms with Crippen LogP contribution in [0, 0.1) is 12.7 Å². The maximum atomic E-state index is 13.4. The van der Waals surface area contributed by atoms with E-state index < -0.39 is 0 Å². The van der Waals surface area contributed by atoms with Gasteiger partial charge in [0.15, 0.2) is 5.82 Å². The SMILES string of the molecule is CCC/C=C(/c1cnc2c(c1)CC(C)=N2)c1ccc(F)cc1C. The number of benzene rings is 1. The fourth-order valence-electron chi connectivity index (χ4n) is 2.98. The lowest BCUT2D eigenvalue weighted by atomic mass is 9.93. The maximum Gasteiger partial charge on any atom is 0.155 e. The molecule has 0 N–H and O–H groups in total. The van der Waals surface area contributed by atoms with Gasteiger partial charge in [0.25, 0.3) is 0 Å². The summed E-state index contributed by atoms with van der Waals surface area (Å²) in [6, 6.07) is 7.15. The lowest BCUT2D eigenvalue weighted by Gasteiger charge is -2.13. The monoisotopic (exact) mass is 308 g/mol. The Kier molecular flexibility index (Phi) is 4.37. The quantitative estimate of drug-likeness (QED) is 0.741. The number of aromatic nitrogens is 1. The molecular weight excluding hydrogens is 287 g/mol. The molecule has 0 spiro atoms. The van der Waals surface area contributed by atoms with Crippen LogP contribution in [0.15, 0.2) is 41.5 Å². The summed E-state index contributed by atoms with van der Waals surface area (Å²) in [5, 5.41) is 0. The standard InChI is InChI=1S/C20H21FN2/c1-4-5-6-19(18-8-7-17(21)9-13(18)2)16-11-15-10-14(3)23-20(15)22-12-16/h6-9,11-12H,4-5,10H2,1-3H3/b19-6-. The van der Waals surface area contributed by atoms with Crippen LogP contribution in [0.1, 0.15) is 48.9 Å². The fourth-order valence-corrected chi connectivity index (χ4v) is 2.98. The number of unbranched alkanes of at least 4 members (excludes halogenated alkanes) is 1. The Balaban J connectivity index is 2.06. The average molecular weight is 308 g/mol. The molecule has 118 valence electrons. The molecule has 0 radical (unpaired) electrons. The second-order valence-electron chi connectivity index (χ2n) is 6.10. The number of aliphatic imine (C=N–C) groups is 1. The van der Waals surface area contributed by atoms with E-state index in [1.807, 2.05) is 26.1 Å². The van der Waals surface area contributed by atoms with E-state index in [1.54, 1.807) is 6.07 Å². The molecule has 2 heterocycles. The van der Waals surface area contributed by atoms with Gasteiger partial charge in [0.05, 0.1) is 0 Å². The molecule has 1 aromatic carbocycles. The van der Waals surface area contributed by atoms with Crippen molar-refractivity contribution >= 4 is 17.1 Å². The summed E-state index contributed by atoms with van der Waals surface area (Å²) in [6.07, 6.45) is 7.03. The molecule has 2 aromatic rings. The molecule has 23 heavy (non-hydrogen) atoms. The zero-order valence-electron chi connectivity index (χ0n) is 13.9. The number of allylic oxidation sites excluding steroid dienone is 1. The molecule has 0 fully saturated rings. The topological polar surface area (TPSA) is 25.2 Å². The van der Waals surface area contributed by atoms with Crippen molar-refractivity contribution in [1.29, 1.82) is 0 Å². The van der Waals surface area contributed by atoms with Crippen LogP contribution in [0.5, 0.6) is 0 Å². The van der Waals surface area contributed by atoms with E-state index in [0.29, 0.717) is 0 Å². The second kappa shape index (κ2) is 6.45. The van der Waals surface area contributed by atoms with Gasteiger partial charge in [0.2, 0.25) is 0 Å². The van der Waals surface area contributed by atoms with E-state index in [2.05, 4.69) is 29.0 Å². The Labute approximate surface area is 136 Å². The van der Waals surface area contributed by atoms with Gasteiger partial charge in [0, 0.05) is 29.5 Å². The zero-order valence-corrected chi connectivity index (χ0v) is 13.9. The molecule has 0 saturated heterocycles. The van der Waals surface area contributed by atoms with E-state index >= 15 is 0 Å². The Bertz CT molecular complexity index is 803. The largest absolute Gasteiger partial charge is 0.238 e. The predicted octanol–water partition coefficient (Wildman–Crippen LogP) is 5.41. The number of halogens is 1. The lowest BCUT2D eigenvalue weighted by molar-refractivity contribution is 0.626. The van der Waals surface area contributed by atoms with Crippen molar-refractivity contribution in [2.24, 2.45) is 4.99 Å². The Morgan fingerprint density at radius 1 is 1.26 bits per heavy atom. The van der Waals surface area contributed by atoms with Crippen LogP contribution in [-0.2, 0) is 6.42 Å². The highest BCUT2D eigenvalue weighted by molar-refractivity contribution is 5.92.